The molecule has 0 spiro atoms. The lowest BCUT2D eigenvalue weighted by molar-refractivity contribution is 0.126. The highest BCUT2D eigenvalue weighted by molar-refractivity contribution is 5.85. The van der Waals surface area contributed by atoms with Crippen molar-refractivity contribution < 1.29 is 5.11 Å². The Morgan fingerprint density at radius 3 is 2.50 bits per heavy atom. The first-order valence-electron chi connectivity index (χ1n) is 10.5. The van der Waals surface area contributed by atoms with Crippen molar-refractivity contribution in [3.8, 4) is 11.1 Å². The van der Waals surface area contributed by atoms with Gasteiger partial charge >= 0.3 is 0 Å². The van der Waals surface area contributed by atoms with Gasteiger partial charge in [-0.25, -0.2) is 4.98 Å². The van der Waals surface area contributed by atoms with Crippen molar-refractivity contribution in [1.82, 2.24) is 14.5 Å². The Labute approximate surface area is 181 Å². The average molecular weight is 427 g/mol. The van der Waals surface area contributed by atoms with Gasteiger partial charge in [0.2, 0.25) is 5.95 Å². The molecule has 0 saturated heterocycles. The van der Waals surface area contributed by atoms with Gasteiger partial charge in [0.15, 0.2) is 0 Å². The number of halogens is 1. The number of anilines is 1. The Kier molecular flexibility index (Phi) is 5.80. The van der Waals surface area contributed by atoms with E-state index in [0.717, 1.165) is 55.0 Å². The third-order valence-electron chi connectivity index (χ3n) is 6.15. The van der Waals surface area contributed by atoms with E-state index in [4.69, 9.17) is 4.98 Å². The van der Waals surface area contributed by atoms with Gasteiger partial charge in [-0.3, -0.25) is 9.36 Å². The molecule has 2 saturated carbocycles. The maximum Gasteiger partial charge on any atom is 0.260 e. The molecule has 0 unspecified atom stereocenters. The van der Waals surface area contributed by atoms with Gasteiger partial charge in [0.25, 0.3) is 5.56 Å². The molecule has 5 rings (SSSR count). The topological polar surface area (TPSA) is 80.0 Å². The summed E-state index contributed by atoms with van der Waals surface area (Å²) in [6, 6.07) is 10.4. The van der Waals surface area contributed by atoms with Crippen LogP contribution in [0.4, 0.5) is 5.95 Å². The lowest BCUT2D eigenvalue weighted by atomic mass is 9.93. The van der Waals surface area contributed by atoms with Crippen LogP contribution in [0.3, 0.4) is 0 Å². The van der Waals surface area contributed by atoms with E-state index in [1.807, 2.05) is 48.0 Å². The second kappa shape index (κ2) is 8.36. The van der Waals surface area contributed by atoms with E-state index in [9.17, 15) is 9.90 Å². The minimum absolute atomic E-state index is 0. The molecule has 2 N–H and O–H groups in total. The molecule has 0 radical (unpaired) electrons. The molecule has 6 nitrogen and oxygen atoms in total. The van der Waals surface area contributed by atoms with Crippen LogP contribution in [0.2, 0.25) is 0 Å². The number of hydrogen-bond acceptors (Lipinski definition) is 5. The fourth-order valence-electron chi connectivity index (χ4n) is 4.33. The van der Waals surface area contributed by atoms with Gasteiger partial charge in [-0.15, -0.1) is 12.4 Å². The molecule has 30 heavy (non-hydrogen) atoms. The van der Waals surface area contributed by atoms with E-state index >= 15 is 0 Å². The van der Waals surface area contributed by atoms with Crippen LogP contribution >= 0.6 is 12.4 Å². The third kappa shape index (κ3) is 3.94. The SMILES string of the molecule is Cc1ccccc1-c1cc2cnc(NC3CCC(O)CC3)nc2n(C2CC2)c1=O.Cl. The summed E-state index contributed by atoms with van der Waals surface area (Å²) in [5.74, 6) is 0.566. The van der Waals surface area contributed by atoms with Crippen LogP contribution < -0.4 is 10.9 Å². The zero-order valence-electron chi connectivity index (χ0n) is 17.0. The Morgan fingerprint density at radius 1 is 1.07 bits per heavy atom. The van der Waals surface area contributed by atoms with E-state index < -0.39 is 0 Å². The lowest BCUT2D eigenvalue weighted by Gasteiger charge is -2.26. The predicted octanol–water partition coefficient (Wildman–Crippen LogP) is 4.24. The highest BCUT2D eigenvalue weighted by atomic mass is 35.5. The molecule has 0 atom stereocenters. The number of aromatic nitrogens is 3. The summed E-state index contributed by atoms with van der Waals surface area (Å²) in [5.41, 5.74) is 3.51. The standard InChI is InChI=1S/C23H26N4O2.ClH/c1-14-4-2-3-5-19(14)20-12-15-13-24-23(25-16-6-10-18(28)11-7-16)26-21(15)27(22(20)29)17-8-9-17;/h2-5,12-13,16-18,28H,6-11H2,1H3,(H,24,25,26);1H. The van der Waals surface area contributed by atoms with Crippen molar-refractivity contribution in [2.24, 2.45) is 0 Å². The molecule has 1 aromatic carbocycles. The smallest absolute Gasteiger partial charge is 0.260 e. The lowest BCUT2D eigenvalue weighted by Crippen LogP contribution is -2.29. The van der Waals surface area contributed by atoms with Gasteiger partial charge in [0, 0.05) is 29.2 Å². The van der Waals surface area contributed by atoms with Gasteiger partial charge in [-0.05, 0) is 62.6 Å². The first-order chi connectivity index (χ1) is 14.1. The van der Waals surface area contributed by atoms with Gasteiger partial charge in [-0.1, -0.05) is 24.3 Å². The Bertz CT molecular complexity index is 1120. The molecule has 2 aliphatic rings. The highest BCUT2D eigenvalue weighted by Crippen LogP contribution is 2.36. The van der Waals surface area contributed by atoms with Crippen molar-refractivity contribution in [2.45, 2.75) is 63.6 Å². The summed E-state index contributed by atoms with van der Waals surface area (Å²) >= 11 is 0. The van der Waals surface area contributed by atoms with E-state index in [-0.39, 0.29) is 36.2 Å². The van der Waals surface area contributed by atoms with E-state index in [0.29, 0.717) is 17.2 Å². The van der Waals surface area contributed by atoms with Crippen LogP contribution in [0, 0.1) is 6.92 Å². The zero-order valence-corrected chi connectivity index (χ0v) is 17.9. The summed E-state index contributed by atoms with van der Waals surface area (Å²) in [7, 11) is 0. The van der Waals surface area contributed by atoms with Crippen LogP contribution in [0.15, 0.2) is 41.3 Å². The molecule has 0 amide bonds. The molecule has 0 aliphatic heterocycles. The fraction of sp³-hybridized carbons (Fsp3) is 0.435. The van der Waals surface area contributed by atoms with Crippen LogP contribution in [0.25, 0.3) is 22.2 Å². The van der Waals surface area contributed by atoms with E-state index in [1.54, 1.807) is 0 Å². The Hall–Kier alpha value is -2.44. The monoisotopic (exact) mass is 426 g/mol. The minimum atomic E-state index is -0.189. The van der Waals surface area contributed by atoms with Crippen LogP contribution in [-0.4, -0.2) is 31.8 Å². The van der Waals surface area contributed by atoms with Crippen molar-refractivity contribution in [3.05, 3.63) is 52.4 Å². The largest absolute Gasteiger partial charge is 0.393 e. The molecular weight excluding hydrogens is 400 g/mol. The summed E-state index contributed by atoms with van der Waals surface area (Å²) in [5, 5.41) is 14.0. The first-order valence-corrected chi connectivity index (χ1v) is 10.5. The van der Waals surface area contributed by atoms with Crippen molar-refractivity contribution in [2.75, 3.05) is 5.32 Å². The van der Waals surface area contributed by atoms with E-state index in [1.165, 1.54) is 0 Å². The molecule has 2 aliphatic carbocycles. The highest BCUT2D eigenvalue weighted by Gasteiger charge is 2.29. The second-order valence-corrected chi connectivity index (χ2v) is 8.40. The number of pyridine rings is 1. The van der Waals surface area contributed by atoms with Crippen molar-refractivity contribution in [3.63, 3.8) is 0 Å². The number of benzene rings is 1. The Balaban J connectivity index is 0.00000218. The number of nitrogens with zero attached hydrogens (tertiary/aromatic N) is 3. The number of fused-ring (bicyclic) bond motifs is 1. The number of aliphatic hydroxyl groups is 1. The number of aliphatic hydroxyl groups excluding tert-OH is 1. The second-order valence-electron chi connectivity index (χ2n) is 8.40. The van der Waals surface area contributed by atoms with Crippen LogP contribution in [0.5, 0.6) is 0 Å². The molecule has 158 valence electrons. The number of aryl methyl sites for hydroxylation is 1. The maximum atomic E-state index is 13.4. The quantitative estimate of drug-likeness (QED) is 0.652. The number of nitrogens with one attached hydrogen (secondary N) is 1. The van der Waals surface area contributed by atoms with Gasteiger partial charge < -0.3 is 10.4 Å². The van der Waals surface area contributed by atoms with Crippen LogP contribution in [0.1, 0.15) is 50.1 Å². The minimum Gasteiger partial charge on any atom is -0.393 e. The van der Waals surface area contributed by atoms with Crippen molar-refractivity contribution in [1.29, 1.82) is 0 Å². The molecular formula is C23H27ClN4O2. The maximum absolute atomic E-state index is 13.4. The molecule has 2 fully saturated rings. The molecule has 2 heterocycles. The molecule has 0 bridgehead atoms. The molecule has 2 aromatic heterocycles. The van der Waals surface area contributed by atoms with Gasteiger partial charge in [-0.2, -0.15) is 4.98 Å². The first kappa shape index (κ1) is 20.8. The van der Waals surface area contributed by atoms with Gasteiger partial charge in [0.1, 0.15) is 5.65 Å². The molecule has 3 aromatic rings. The fourth-order valence-corrected chi connectivity index (χ4v) is 4.33. The summed E-state index contributed by atoms with van der Waals surface area (Å²) in [4.78, 5) is 22.7. The summed E-state index contributed by atoms with van der Waals surface area (Å²) in [6.45, 7) is 2.03. The number of rotatable bonds is 4. The summed E-state index contributed by atoms with van der Waals surface area (Å²) in [6.07, 6.45) is 7.08. The zero-order chi connectivity index (χ0) is 20.0. The van der Waals surface area contributed by atoms with Crippen LogP contribution in [-0.2, 0) is 0 Å². The van der Waals surface area contributed by atoms with Gasteiger partial charge in [0.05, 0.1) is 6.10 Å². The third-order valence-corrected chi connectivity index (χ3v) is 6.15. The average Bonchev–Trinajstić information content (AvgIpc) is 3.55. The summed E-state index contributed by atoms with van der Waals surface area (Å²) < 4.78 is 1.87. The normalized spacial score (nSPS) is 21.3. The predicted molar refractivity (Wildman–Crippen MR) is 121 cm³/mol. The molecule has 7 heteroatoms. The Morgan fingerprint density at radius 2 is 1.80 bits per heavy atom. The van der Waals surface area contributed by atoms with E-state index in [2.05, 4.69) is 10.3 Å². The van der Waals surface area contributed by atoms with Crippen molar-refractivity contribution >= 4 is 29.4 Å². The number of hydrogen-bond donors (Lipinski definition) is 2.